The second-order valence-corrected chi connectivity index (χ2v) is 5.71. The summed E-state index contributed by atoms with van der Waals surface area (Å²) in [6.45, 7) is 2.01. The number of aliphatic hydroxyl groups excluding tert-OH is 1. The molecule has 2 aromatic carbocycles. The van der Waals surface area contributed by atoms with E-state index in [0.717, 1.165) is 40.0 Å². The van der Waals surface area contributed by atoms with Gasteiger partial charge in [-0.2, -0.15) is 0 Å². The van der Waals surface area contributed by atoms with E-state index >= 15 is 0 Å². The van der Waals surface area contributed by atoms with Crippen molar-refractivity contribution in [3.05, 3.63) is 54.6 Å². The monoisotopic (exact) mass is 322 g/mol. The zero-order chi connectivity index (χ0) is 16.9. The van der Waals surface area contributed by atoms with Gasteiger partial charge in [0.2, 0.25) is 0 Å². The van der Waals surface area contributed by atoms with Crippen molar-refractivity contribution < 1.29 is 9.84 Å². The quantitative estimate of drug-likeness (QED) is 0.717. The van der Waals surface area contributed by atoms with Gasteiger partial charge in [-0.15, -0.1) is 0 Å². The van der Waals surface area contributed by atoms with Crippen LogP contribution in [0.4, 0.5) is 5.69 Å². The molecule has 4 heteroatoms. The van der Waals surface area contributed by atoms with Gasteiger partial charge in [-0.1, -0.05) is 25.1 Å². The van der Waals surface area contributed by atoms with Crippen LogP contribution in [0.15, 0.2) is 54.6 Å². The van der Waals surface area contributed by atoms with E-state index in [9.17, 15) is 5.11 Å². The van der Waals surface area contributed by atoms with Gasteiger partial charge in [0.25, 0.3) is 0 Å². The second-order valence-electron chi connectivity index (χ2n) is 5.71. The average molecular weight is 322 g/mol. The molecule has 0 spiro atoms. The third kappa shape index (κ3) is 3.49. The van der Waals surface area contributed by atoms with E-state index in [4.69, 9.17) is 9.72 Å². The Morgan fingerprint density at radius 1 is 1.08 bits per heavy atom. The van der Waals surface area contributed by atoms with Crippen LogP contribution in [-0.2, 0) is 0 Å². The highest BCUT2D eigenvalue weighted by molar-refractivity contribution is 5.83. The highest BCUT2D eigenvalue weighted by Crippen LogP contribution is 2.25. The number of hydrogen-bond acceptors (Lipinski definition) is 4. The Morgan fingerprint density at radius 2 is 1.83 bits per heavy atom. The van der Waals surface area contributed by atoms with Gasteiger partial charge < -0.3 is 15.2 Å². The lowest BCUT2D eigenvalue weighted by Gasteiger charge is -2.15. The minimum absolute atomic E-state index is 0.0137. The summed E-state index contributed by atoms with van der Waals surface area (Å²) in [5.74, 6) is 0.735. The molecular formula is C20H22N2O2. The summed E-state index contributed by atoms with van der Waals surface area (Å²) in [6.07, 6.45) is 0.583. The van der Waals surface area contributed by atoms with Crippen LogP contribution in [0.2, 0.25) is 0 Å². The van der Waals surface area contributed by atoms with Gasteiger partial charge >= 0.3 is 0 Å². The summed E-state index contributed by atoms with van der Waals surface area (Å²) in [4.78, 5) is 4.76. The molecule has 0 fully saturated rings. The number of ether oxygens (including phenoxy) is 1. The first-order valence-corrected chi connectivity index (χ1v) is 8.20. The van der Waals surface area contributed by atoms with Gasteiger partial charge in [-0.05, 0) is 36.8 Å². The molecule has 1 unspecified atom stereocenters. The fourth-order valence-electron chi connectivity index (χ4n) is 2.58. The molecule has 0 aliphatic carbocycles. The van der Waals surface area contributed by atoms with Crippen LogP contribution in [0.5, 0.6) is 5.75 Å². The maximum Gasteiger partial charge on any atom is 0.122 e. The van der Waals surface area contributed by atoms with Crippen molar-refractivity contribution in [1.82, 2.24) is 4.98 Å². The van der Waals surface area contributed by atoms with Crippen LogP contribution >= 0.6 is 0 Å². The molecule has 124 valence electrons. The van der Waals surface area contributed by atoms with Crippen molar-refractivity contribution in [3.8, 4) is 17.0 Å². The van der Waals surface area contributed by atoms with Crippen LogP contribution < -0.4 is 10.1 Å². The maximum atomic E-state index is 9.29. The van der Waals surface area contributed by atoms with Crippen molar-refractivity contribution in [1.29, 1.82) is 0 Å². The standard InChI is InChI=1S/C20H22N2O2/c1-3-17(13-23)24-18-10-6-15-7-11-19(22-20(15)12-18)14-4-8-16(21-2)9-5-14/h4-12,17,21,23H,3,13H2,1-2H3. The van der Waals surface area contributed by atoms with E-state index < -0.39 is 0 Å². The van der Waals surface area contributed by atoms with E-state index in [0.29, 0.717) is 0 Å². The van der Waals surface area contributed by atoms with Gasteiger partial charge in [-0.25, -0.2) is 4.98 Å². The van der Waals surface area contributed by atoms with Crippen LogP contribution in [0.1, 0.15) is 13.3 Å². The molecule has 2 N–H and O–H groups in total. The first-order valence-electron chi connectivity index (χ1n) is 8.20. The van der Waals surface area contributed by atoms with Crippen LogP contribution in [0, 0.1) is 0 Å². The Kier molecular flexibility index (Phi) is 4.96. The highest BCUT2D eigenvalue weighted by Gasteiger charge is 2.08. The lowest BCUT2D eigenvalue weighted by Crippen LogP contribution is -2.19. The molecule has 0 aliphatic heterocycles. The summed E-state index contributed by atoms with van der Waals surface area (Å²) in [6, 6.07) is 18.1. The predicted molar refractivity (Wildman–Crippen MR) is 98.5 cm³/mol. The number of anilines is 1. The smallest absolute Gasteiger partial charge is 0.122 e. The molecule has 1 aromatic heterocycles. The summed E-state index contributed by atoms with van der Waals surface area (Å²) in [7, 11) is 1.90. The third-order valence-electron chi connectivity index (χ3n) is 4.09. The van der Waals surface area contributed by atoms with E-state index in [1.54, 1.807) is 0 Å². The molecule has 0 bridgehead atoms. The Balaban J connectivity index is 1.93. The van der Waals surface area contributed by atoms with E-state index in [1.807, 2.05) is 50.4 Å². The predicted octanol–water partition coefficient (Wildman–Crippen LogP) is 4.09. The van der Waals surface area contributed by atoms with Crippen molar-refractivity contribution >= 4 is 16.6 Å². The van der Waals surface area contributed by atoms with E-state index in [1.165, 1.54) is 0 Å². The summed E-state index contributed by atoms with van der Waals surface area (Å²) in [5.41, 5.74) is 3.96. The fourth-order valence-corrected chi connectivity index (χ4v) is 2.58. The number of hydrogen-bond donors (Lipinski definition) is 2. The minimum atomic E-state index is -0.181. The fraction of sp³-hybridized carbons (Fsp3) is 0.250. The summed E-state index contributed by atoms with van der Waals surface area (Å²) < 4.78 is 5.80. The van der Waals surface area contributed by atoms with Crippen LogP contribution in [0.25, 0.3) is 22.2 Å². The molecule has 3 rings (SSSR count). The zero-order valence-electron chi connectivity index (χ0n) is 14.0. The number of pyridine rings is 1. The highest BCUT2D eigenvalue weighted by atomic mass is 16.5. The molecule has 1 atom stereocenters. The van der Waals surface area contributed by atoms with Gasteiger partial charge in [-0.3, -0.25) is 0 Å². The van der Waals surface area contributed by atoms with Crippen LogP contribution in [-0.4, -0.2) is 29.8 Å². The average Bonchev–Trinajstić information content (AvgIpc) is 2.65. The minimum Gasteiger partial charge on any atom is -0.488 e. The zero-order valence-corrected chi connectivity index (χ0v) is 14.0. The van der Waals surface area contributed by atoms with Gasteiger partial charge in [0.05, 0.1) is 17.8 Å². The third-order valence-corrected chi connectivity index (χ3v) is 4.09. The summed E-state index contributed by atoms with van der Waals surface area (Å²) >= 11 is 0. The number of rotatable bonds is 6. The van der Waals surface area contributed by atoms with Crippen molar-refractivity contribution in [3.63, 3.8) is 0 Å². The lowest BCUT2D eigenvalue weighted by molar-refractivity contribution is 0.113. The number of nitrogens with zero attached hydrogens (tertiary/aromatic N) is 1. The Hall–Kier alpha value is -2.59. The molecule has 0 saturated carbocycles. The molecule has 0 aliphatic rings. The van der Waals surface area contributed by atoms with E-state index in [2.05, 4.69) is 23.5 Å². The normalized spacial score (nSPS) is 12.1. The Labute approximate surface area is 142 Å². The number of benzene rings is 2. The molecule has 3 aromatic rings. The molecule has 4 nitrogen and oxygen atoms in total. The van der Waals surface area contributed by atoms with Crippen molar-refractivity contribution in [2.24, 2.45) is 0 Å². The SMILES string of the molecule is CCC(CO)Oc1ccc2ccc(-c3ccc(NC)cc3)nc2c1. The van der Waals surface area contributed by atoms with Crippen molar-refractivity contribution in [2.75, 3.05) is 19.0 Å². The molecule has 1 heterocycles. The molecule has 0 radical (unpaired) electrons. The molecular weight excluding hydrogens is 300 g/mol. The second kappa shape index (κ2) is 7.32. The Bertz CT molecular complexity index is 811. The number of aromatic nitrogens is 1. The van der Waals surface area contributed by atoms with Crippen molar-refractivity contribution in [2.45, 2.75) is 19.4 Å². The van der Waals surface area contributed by atoms with Gasteiger partial charge in [0.1, 0.15) is 11.9 Å². The first-order chi connectivity index (χ1) is 11.7. The summed E-state index contributed by atoms with van der Waals surface area (Å²) in [5, 5.41) is 13.5. The largest absolute Gasteiger partial charge is 0.488 e. The first kappa shape index (κ1) is 16.3. The van der Waals surface area contributed by atoms with Gasteiger partial charge in [0, 0.05) is 29.8 Å². The molecule has 0 saturated heterocycles. The Morgan fingerprint density at radius 3 is 2.50 bits per heavy atom. The molecule has 24 heavy (non-hydrogen) atoms. The van der Waals surface area contributed by atoms with E-state index in [-0.39, 0.29) is 12.7 Å². The number of aliphatic hydroxyl groups is 1. The number of fused-ring (bicyclic) bond motifs is 1. The van der Waals surface area contributed by atoms with Crippen LogP contribution in [0.3, 0.4) is 0 Å². The molecule has 0 amide bonds. The topological polar surface area (TPSA) is 54.4 Å². The maximum absolute atomic E-state index is 9.29. The number of nitrogens with one attached hydrogen (secondary N) is 1. The van der Waals surface area contributed by atoms with Gasteiger partial charge in [0.15, 0.2) is 0 Å². The lowest BCUT2D eigenvalue weighted by atomic mass is 10.1.